The smallest absolute Gasteiger partial charge is 0.119 e. The molecule has 1 unspecified atom stereocenters. The maximum atomic E-state index is 5.44. The van der Waals surface area contributed by atoms with Gasteiger partial charge in [-0.2, -0.15) is 0 Å². The molecule has 0 saturated carbocycles. The lowest BCUT2D eigenvalue weighted by Crippen LogP contribution is -2.26. The van der Waals surface area contributed by atoms with Crippen LogP contribution in [0.3, 0.4) is 0 Å². The van der Waals surface area contributed by atoms with Gasteiger partial charge >= 0.3 is 0 Å². The van der Waals surface area contributed by atoms with Crippen LogP contribution in [0.15, 0.2) is 24.3 Å². The van der Waals surface area contributed by atoms with Gasteiger partial charge in [0.05, 0.1) is 6.61 Å². The van der Waals surface area contributed by atoms with Gasteiger partial charge in [-0.15, -0.1) is 0 Å². The number of hydrogen-bond acceptors (Lipinski definition) is 2. The standard InChI is InChI=1S/C16H27NO/c1-5-18-16-8-6-15(7-9-16)10-14(4)12-17-11-13(2)3/h6-9,13-14,17H,5,10-12H2,1-4H3. The van der Waals surface area contributed by atoms with Crippen LogP contribution in [0.4, 0.5) is 0 Å². The molecule has 0 spiro atoms. The second kappa shape index (κ2) is 8.15. The highest BCUT2D eigenvalue weighted by atomic mass is 16.5. The van der Waals surface area contributed by atoms with Gasteiger partial charge < -0.3 is 10.1 Å². The molecule has 2 nitrogen and oxygen atoms in total. The van der Waals surface area contributed by atoms with Gasteiger partial charge in [0.25, 0.3) is 0 Å². The summed E-state index contributed by atoms with van der Waals surface area (Å²) in [5, 5.41) is 3.51. The first-order valence-electron chi connectivity index (χ1n) is 7.04. The van der Waals surface area contributed by atoms with E-state index in [-0.39, 0.29) is 0 Å². The van der Waals surface area contributed by atoms with Crippen molar-refractivity contribution in [3.8, 4) is 5.75 Å². The highest BCUT2D eigenvalue weighted by Crippen LogP contribution is 2.14. The molecule has 2 heteroatoms. The van der Waals surface area contributed by atoms with E-state index in [0.29, 0.717) is 5.92 Å². The molecule has 102 valence electrons. The lowest BCUT2D eigenvalue weighted by molar-refractivity contribution is 0.340. The molecule has 0 radical (unpaired) electrons. The lowest BCUT2D eigenvalue weighted by atomic mass is 10.0. The molecule has 1 rings (SSSR count). The van der Waals surface area contributed by atoms with Crippen molar-refractivity contribution >= 4 is 0 Å². The fourth-order valence-corrected chi connectivity index (χ4v) is 1.98. The molecule has 1 N–H and O–H groups in total. The Morgan fingerprint density at radius 3 is 2.28 bits per heavy atom. The van der Waals surface area contributed by atoms with E-state index in [1.807, 2.05) is 6.92 Å². The van der Waals surface area contributed by atoms with Crippen LogP contribution in [0.5, 0.6) is 5.75 Å². The van der Waals surface area contributed by atoms with E-state index in [9.17, 15) is 0 Å². The first kappa shape index (κ1) is 15.0. The zero-order chi connectivity index (χ0) is 13.4. The first-order valence-corrected chi connectivity index (χ1v) is 7.04. The summed E-state index contributed by atoms with van der Waals surface area (Å²) in [6, 6.07) is 8.47. The summed E-state index contributed by atoms with van der Waals surface area (Å²) in [6.07, 6.45) is 1.12. The Kier molecular flexibility index (Phi) is 6.81. The molecule has 0 saturated heterocycles. The zero-order valence-electron chi connectivity index (χ0n) is 12.2. The monoisotopic (exact) mass is 249 g/mol. The largest absolute Gasteiger partial charge is 0.494 e. The fraction of sp³-hybridized carbons (Fsp3) is 0.625. The molecule has 0 fully saturated rings. The highest BCUT2D eigenvalue weighted by Gasteiger charge is 2.04. The predicted octanol–water partition coefficient (Wildman–Crippen LogP) is 3.51. The number of rotatable bonds is 8. The van der Waals surface area contributed by atoms with Crippen LogP contribution in [-0.2, 0) is 6.42 Å². The first-order chi connectivity index (χ1) is 8.61. The van der Waals surface area contributed by atoms with Gasteiger partial charge in [0.2, 0.25) is 0 Å². The van der Waals surface area contributed by atoms with Gasteiger partial charge in [-0.3, -0.25) is 0 Å². The van der Waals surface area contributed by atoms with Crippen molar-refractivity contribution in [2.24, 2.45) is 11.8 Å². The molecule has 0 aliphatic rings. The van der Waals surface area contributed by atoms with Crippen molar-refractivity contribution in [1.29, 1.82) is 0 Å². The van der Waals surface area contributed by atoms with Gasteiger partial charge in [0.1, 0.15) is 5.75 Å². The summed E-state index contributed by atoms with van der Waals surface area (Å²) in [7, 11) is 0. The van der Waals surface area contributed by atoms with E-state index in [0.717, 1.165) is 37.8 Å². The van der Waals surface area contributed by atoms with E-state index >= 15 is 0 Å². The molecular formula is C16H27NO. The SMILES string of the molecule is CCOc1ccc(CC(C)CNCC(C)C)cc1. The highest BCUT2D eigenvalue weighted by molar-refractivity contribution is 5.27. The predicted molar refractivity (Wildman–Crippen MR) is 78.2 cm³/mol. The van der Waals surface area contributed by atoms with Crippen LogP contribution < -0.4 is 10.1 Å². The molecule has 0 bridgehead atoms. The minimum absolute atomic E-state index is 0.668. The molecule has 1 aromatic rings. The van der Waals surface area contributed by atoms with Crippen molar-refractivity contribution in [1.82, 2.24) is 5.32 Å². The molecule has 1 aromatic carbocycles. The third-order valence-corrected chi connectivity index (χ3v) is 2.86. The van der Waals surface area contributed by atoms with Crippen LogP contribution in [-0.4, -0.2) is 19.7 Å². The van der Waals surface area contributed by atoms with E-state index in [1.165, 1.54) is 5.56 Å². The maximum absolute atomic E-state index is 5.44. The summed E-state index contributed by atoms with van der Waals surface area (Å²) in [5.41, 5.74) is 1.39. The van der Waals surface area contributed by atoms with E-state index in [4.69, 9.17) is 4.74 Å². The van der Waals surface area contributed by atoms with Crippen molar-refractivity contribution in [3.63, 3.8) is 0 Å². The van der Waals surface area contributed by atoms with Crippen molar-refractivity contribution in [3.05, 3.63) is 29.8 Å². The minimum Gasteiger partial charge on any atom is -0.494 e. The molecule has 0 aliphatic heterocycles. The Balaban J connectivity index is 2.32. The minimum atomic E-state index is 0.668. The average molecular weight is 249 g/mol. The van der Waals surface area contributed by atoms with Gasteiger partial charge in [-0.05, 0) is 56.0 Å². The van der Waals surface area contributed by atoms with E-state index in [2.05, 4.69) is 50.4 Å². The van der Waals surface area contributed by atoms with Gasteiger partial charge in [-0.25, -0.2) is 0 Å². The quantitative estimate of drug-likeness (QED) is 0.761. The molecule has 0 aromatic heterocycles. The lowest BCUT2D eigenvalue weighted by Gasteiger charge is -2.14. The van der Waals surface area contributed by atoms with Gasteiger partial charge in [0.15, 0.2) is 0 Å². The van der Waals surface area contributed by atoms with Crippen LogP contribution in [0.1, 0.15) is 33.3 Å². The Morgan fingerprint density at radius 2 is 1.72 bits per heavy atom. The Labute approximate surface area is 112 Å². The molecule has 18 heavy (non-hydrogen) atoms. The van der Waals surface area contributed by atoms with Gasteiger partial charge in [0, 0.05) is 0 Å². The van der Waals surface area contributed by atoms with E-state index in [1.54, 1.807) is 0 Å². The summed E-state index contributed by atoms with van der Waals surface area (Å²) >= 11 is 0. The second-order valence-corrected chi connectivity index (χ2v) is 5.44. The van der Waals surface area contributed by atoms with E-state index < -0.39 is 0 Å². The third-order valence-electron chi connectivity index (χ3n) is 2.86. The van der Waals surface area contributed by atoms with Crippen molar-refractivity contribution in [2.45, 2.75) is 34.1 Å². The number of benzene rings is 1. The van der Waals surface area contributed by atoms with Gasteiger partial charge in [-0.1, -0.05) is 32.9 Å². The average Bonchev–Trinajstić information content (AvgIpc) is 2.31. The molecule has 0 heterocycles. The number of nitrogens with one attached hydrogen (secondary N) is 1. The Bertz CT molecular complexity index is 318. The summed E-state index contributed by atoms with van der Waals surface area (Å²) < 4.78 is 5.44. The molecule has 0 amide bonds. The maximum Gasteiger partial charge on any atom is 0.119 e. The molecule has 1 atom stereocenters. The van der Waals surface area contributed by atoms with Crippen LogP contribution in [0.2, 0.25) is 0 Å². The summed E-state index contributed by atoms with van der Waals surface area (Å²) in [5.74, 6) is 2.36. The Hall–Kier alpha value is -1.02. The third kappa shape index (κ3) is 6.06. The Morgan fingerprint density at radius 1 is 1.06 bits per heavy atom. The fourth-order valence-electron chi connectivity index (χ4n) is 1.98. The number of hydrogen-bond donors (Lipinski definition) is 1. The summed E-state index contributed by atoms with van der Waals surface area (Å²) in [4.78, 5) is 0. The molecular weight excluding hydrogens is 222 g/mol. The van der Waals surface area contributed by atoms with Crippen molar-refractivity contribution in [2.75, 3.05) is 19.7 Å². The van der Waals surface area contributed by atoms with Crippen LogP contribution >= 0.6 is 0 Å². The molecule has 0 aliphatic carbocycles. The van der Waals surface area contributed by atoms with Crippen molar-refractivity contribution < 1.29 is 4.74 Å². The second-order valence-electron chi connectivity index (χ2n) is 5.44. The number of ether oxygens (including phenoxy) is 1. The normalized spacial score (nSPS) is 12.7. The topological polar surface area (TPSA) is 21.3 Å². The van der Waals surface area contributed by atoms with Crippen LogP contribution in [0, 0.1) is 11.8 Å². The summed E-state index contributed by atoms with van der Waals surface area (Å²) in [6.45, 7) is 11.7. The van der Waals surface area contributed by atoms with Crippen LogP contribution in [0.25, 0.3) is 0 Å². The zero-order valence-corrected chi connectivity index (χ0v) is 12.2.